The second-order valence-electron chi connectivity index (χ2n) is 5.97. The van der Waals surface area contributed by atoms with Gasteiger partial charge in [-0.05, 0) is 6.92 Å². The number of hydrogen-bond acceptors (Lipinski definition) is 4. The third-order valence-electron chi connectivity index (χ3n) is 4.04. The van der Waals surface area contributed by atoms with Gasteiger partial charge >= 0.3 is 6.18 Å². The molecule has 2 amide bonds. The Morgan fingerprint density at radius 1 is 1.46 bits per heavy atom. The molecule has 0 saturated carbocycles. The summed E-state index contributed by atoms with van der Waals surface area (Å²) in [5.41, 5.74) is -0.641. The van der Waals surface area contributed by atoms with E-state index in [0.29, 0.717) is 12.2 Å². The highest BCUT2D eigenvalue weighted by Crippen LogP contribution is 2.34. The molecule has 3 rings (SSSR count). The van der Waals surface area contributed by atoms with Gasteiger partial charge in [-0.15, -0.1) is 0 Å². The second-order valence-corrected chi connectivity index (χ2v) is 5.97. The fraction of sp³-hybridized carbons (Fsp3) is 0.643. The van der Waals surface area contributed by atoms with E-state index in [0.717, 1.165) is 4.68 Å². The number of carbonyl (C=O) groups excluding carboxylic acids is 2. The van der Waals surface area contributed by atoms with E-state index in [1.165, 1.54) is 4.90 Å². The fourth-order valence-electron chi connectivity index (χ4n) is 3.02. The van der Waals surface area contributed by atoms with Gasteiger partial charge in [0.2, 0.25) is 11.8 Å². The van der Waals surface area contributed by atoms with Crippen molar-refractivity contribution in [3.63, 3.8) is 0 Å². The lowest BCUT2D eigenvalue weighted by atomic mass is 10.1. The molecule has 0 spiro atoms. The predicted octanol–water partition coefficient (Wildman–Crippen LogP) is 0.321. The number of nitrogens with zero attached hydrogens (tertiary/aromatic N) is 3. The van der Waals surface area contributed by atoms with Gasteiger partial charge in [0.05, 0.1) is 19.8 Å². The summed E-state index contributed by atoms with van der Waals surface area (Å²) in [4.78, 5) is 25.2. The SMILES string of the molecule is CC1CN(C(=O)Cn2nc(C(F)(F)F)c3c2CCOC3)CC(=O)N1. The van der Waals surface area contributed by atoms with Crippen LogP contribution in [0.25, 0.3) is 0 Å². The molecule has 1 unspecified atom stereocenters. The molecule has 132 valence electrons. The summed E-state index contributed by atoms with van der Waals surface area (Å²) in [7, 11) is 0. The number of carbonyl (C=O) groups is 2. The van der Waals surface area contributed by atoms with E-state index < -0.39 is 17.8 Å². The van der Waals surface area contributed by atoms with Gasteiger partial charge in [0.1, 0.15) is 6.54 Å². The molecule has 0 aromatic carbocycles. The molecule has 24 heavy (non-hydrogen) atoms. The van der Waals surface area contributed by atoms with Crippen LogP contribution >= 0.6 is 0 Å². The molecule has 7 nitrogen and oxygen atoms in total. The van der Waals surface area contributed by atoms with Crippen LogP contribution in [0, 0.1) is 0 Å². The maximum atomic E-state index is 13.1. The molecule has 1 N–H and O–H groups in total. The quantitative estimate of drug-likeness (QED) is 0.837. The Morgan fingerprint density at radius 2 is 2.21 bits per heavy atom. The van der Waals surface area contributed by atoms with E-state index in [-0.39, 0.29) is 50.2 Å². The van der Waals surface area contributed by atoms with Crippen LogP contribution in [0.5, 0.6) is 0 Å². The number of alkyl halides is 3. The largest absolute Gasteiger partial charge is 0.435 e. The van der Waals surface area contributed by atoms with Gasteiger partial charge in [-0.1, -0.05) is 0 Å². The van der Waals surface area contributed by atoms with Gasteiger partial charge in [-0.2, -0.15) is 18.3 Å². The maximum absolute atomic E-state index is 13.1. The highest BCUT2D eigenvalue weighted by molar-refractivity contribution is 5.86. The standard InChI is InChI=1S/C14H17F3N4O3/c1-8-4-20(5-11(22)18-8)12(23)6-21-10-2-3-24-7-9(10)13(19-21)14(15,16)17/h8H,2-7H2,1H3,(H,18,22). The number of nitrogens with one attached hydrogen (secondary N) is 1. The zero-order valence-corrected chi connectivity index (χ0v) is 13.0. The first-order chi connectivity index (χ1) is 11.3. The Morgan fingerprint density at radius 3 is 2.88 bits per heavy atom. The Hall–Kier alpha value is -2.10. The first-order valence-corrected chi connectivity index (χ1v) is 7.56. The average molecular weight is 346 g/mol. The zero-order valence-electron chi connectivity index (χ0n) is 13.0. The molecule has 10 heteroatoms. The molecule has 0 radical (unpaired) electrons. The topological polar surface area (TPSA) is 76.5 Å². The lowest BCUT2D eigenvalue weighted by Crippen LogP contribution is -2.55. The smallest absolute Gasteiger partial charge is 0.376 e. The normalized spacial score (nSPS) is 21.4. The molecular formula is C14H17F3N4O3. The van der Waals surface area contributed by atoms with Crippen LogP contribution < -0.4 is 5.32 Å². The second kappa shape index (κ2) is 6.08. The molecule has 2 aliphatic heterocycles. The summed E-state index contributed by atoms with van der Waals surface area (Å²) < 4.78 is 45.5. The van der Waals surface area contributed by atoms with E-state index in [4.69, 9.17) is 4.74 Å². The summed E-state index contributed by atoms with van der Waals surface area (Å²) in [6, 6.07) is -0.194. The monoisotopic (exact) mass is 346 g/mol. The zero-order chi connectivity index (χ0) is 17.5. The molecule has 1 aromatic rings. The van der Waals surface area contributed by atoms with E-state index in [1.807, 2.05) is 0 Å². The van der Waals surface area contributed by atoms with Crippen LogP contribution in [0.15, 0.2) is 0 Å². The Kier molecular flexibility index (Phi) is 4.24. The minimum absolute atomic E-state index is 0.00805. The highest BCUT2D eigenvalue weighted by Gasteiger charge is 2.40. The van der Waals surface area contributed by atoms with Crippen LogP contribution in [-0.4, -0.2) is 52.2 Å². The van der Waals surface area contributed by atoms with E-state index in [1.54, 1.807) is 6.92 Å². The highest BCUT2D eigenvalue weighted by atomic mass is 19.4. The van der Waals surface area contributed by atoms with Crippen molar-refractivity contribution in [3.05, 3.63) is 17.0 Å². The summed E-state index contributed by atoms with van der Waals surface area (Å²) in [5, 5.41) is 6.28. The molecule has 0 bridgehead atoms. The van der Waals surface area contributed by atoms with Crippen molar-refractivity contribution < 1.29 is 27.5 Å². The molecule has 1 saturated heterocycles. The van der Waals surface area contributed by atoms with Gasteiger partial charge in [0, 0.05) is 30.3 Å². The summed E-state index contributed by atoms with van der Waals surface area (Å²) in [5.74, 6) is -0.712. The number of halogens is 3. The molecule has 3 heterocycles. The molecule has 0 aliphatic carbocycles. The maximum Gasteiger partial charge on any atom is 0.435 e. The molecule has 1 atom stereocenters. The van der Waals surface area contributed by atoms with Crippen LogP contribution in [0.3, 0.4) is 0 Å². The van der Waals surface area contributed by atoms with E-state index in [2.05, 4.69) is 10.4 Å². The van der Waals surface area contributed by atoms with Crippen LogP contribution in [-0.2, 0) is 40.1 Å². The van der Waals surface area contributed by atoms with Crippen molar-refractivity contribution in [2.75, 3.05) is 19.7 Å². The lowest BCUT2D eigenvalue weighted by Gasteiger charge is -2.31. The number of fused-ring (bicyclic) bond motifs is 1. The van der Waals surface area contributed by atoms with Crippen molar-refractivity contribution >= 4 is 11.8 Å². The minimum atomic E-state index is -4.60. The predicted molar refractivity (Wildman–Crippen MR) is 74.8 cm³/mol. The van der Waals surface area contributed by atoms with E-state index >= 15 is 0 Å². The number of ether oxygens (including phenoxy) is 1. The summed E-state index contributed by atoms with van der Waals surface area (Å²) >= 11 is 0. The number of hydrogen-bond donors (Lipinski definition) is 1. The van der Waals surface area contributed by atoms with Gasteiger partial charge in [0.25, 0.3) is 0 Å². The average Bonchev–Trinajstić information content (AvgIpc) is 2.85. The Balaban J connectivity index is 1.83. The Bertz CT molecular complexity index is 671. The summed E-state index contributed by atoms with van der Waals surface area (Å²) in [6.07, 6.45) is -4.33. The van der Waals surface area contributed by atoms with Crippen LogP contribution in [0.4, 0.5) is 13.2 Å². The fourth-order valence-corrected chi connectivity index (χ4v) is 3.02. The third kappa shape index (κ3) is 3.23. The number of rotatable bonds is 2. The van der Waals surface area contributed by atoms with Gasteiger partial charge in [0.15, 0.2) is 5.69 Å². The van der Waals surface area contributed by atoms with Crippen molar-refractivity contribution in [2.24, 2.45) is 0 Å². The number of aromatic nitrogens is 2. The summed E-state index contributed by atoms with van der Waals surface area (Å²) in [6.45, 7) is 1.78. The minimum Gasteiger partial charge on any atom is -0.376 e. The van der Waals surface area contributed by atoms with Crippen LogP contribution in [0.2, 0.25) is 0 Å². The van der Waals surface area contributed by atoms with Crippen LogP contribution in [0.1, 0.15) is 23.9 Å². The van der Waals surface area contributed by atoms with Gasteiger partial charge in [-0.3, -0.25) is 14.3 Å². The molecule has 1 fully saturated rings. The molecule has 1 aromatic heterocycles. The number of amides is 2. The number of piperazine rings is 1. The van der Waals surface area contributed by atoms with Crippen molar-refractivity contribution in [3.8, 4) is 0 Å². The van der Waals surface area contributed by atoms with Crippen molar-refractivity contribution in [1.29, 1.82) is 0 Å². The molecule has 2 aliphatic rings. The molecular weight excluding hydrogens is 329 g/mol. The van der Waals surface area contributed by atoms with Gasteiger partial charge in [-0.25, -0.2) is 0 Å². The van der Waals surface area contributed by atoms with Crippen molar-refractivity contribution in [1.82, 2.24) is 20.0 Å². The third-order valence-corrected chi connectivity index (χ3v) is 4.04. The van der Waals surface area contributed by atoms with Crippen molar-refractivity contribution in [2.45, 2.75) is 38.7 Å². The first kappa shape index (κ1) is 16.7. The Labute approximate surface area is 135 Å². The first-order valence-electron chi connectivity index (χ1n) is 7.56. The van der Waals surface area contributed by atoms with E-state index in [9.17, 15) is 22.8 Å². The van der Waals surface area contributed by atoms with Gasteiger partial charge < -0.3 is 15.0 Å². The lowest BCUT2D eigenvalue weighted by molar-refractivity contribution is -0.143.